The van der Waals surface area contributed by atoms with E-state index in [1.54, 1.807) is 11.0 Å². The highest BCUT2D eigenvalue weighted by molar-refractivity contribution is 5.67. The van der Waals surface area contributed by atoms with Gasteiger partial charge in [0.15, 0.2) is 0 Å². The zero-order valence-electron chi connectivity index (χ0n) is 13.6. The Kier molecular flexibility index (Phi) is 7.63. The van der Waals surface area contributed by atoms with Gasteiger partial charge in [-0.05, 0) is 11.6 Å². The van der Waals surface area contributed by atoms with Gasteiger partial charge in [-0.15, -0.1) is 0 Å². The fraction of sp³-hybridized carbons (Fsp3) is 0.471. The van der Waals surface area contributed by atoms with Gasteiger partial charge in [-0.2, -0.15) is 4.65 Å². The van der Waals surface area contributed by atoms with E-state index in [9.17, 15) is 10.0 Å². The Bertz CT molecular complexity index is 454. The molecule has 1 fully saturated rings. The number of rotatable bonds is 4. The normalized spacial score (nSPS) is 16.2. The highest BCUT2D eigenvalue weighted by atomic mass is 16.6. The average molecular weight is 307 g/mol. The first-order valence-electron chi connectivity index (χ1n) is 7.78. The predicted molar refractivity (Wildman–Crippen MR) is 86.4 cm³/mol. The van der Waals surface area contributed by atoms with Gasteiger partial charge in [0.05, 0.1) is 13.1 Å². The van der Waals surface area contributed by atoms with Crippen LogP contribution < -0.4 is 0 Å². The van der Waals surface area contributed by atoms with E-state index in [-0.39, 0.29) is 17.3 Å². The zero-order valence-corrected chi connectivity index (χ0v) is 13.6. The third kappa shape index (κ3) is 5.50. The molecular weight excluding hydrogens is 280 g/mol. The minimum absolute atomic E-state index is 0.0496. The van der Waals surface area contributed by atoms with E-state index in [0.29, 0.717) is 32.7 Å². The number of hydrogen-bond acceptors (Lipinski definition) is 3. The van der Waals surface area contributed by atoms with Gasteiger partial charge in [0.2, 0.25) is 0 Å². The molecule has 0 spiro atoms. The Morgan fingerprint density at radius 2 is 1.91 bits per heavy atom. The number of benzene rings is 1. The summed E-state index contributed by atoms with van der Waals surface area (Å²) in [6, 6.07) is 9.59. The topological polar surface area (TPSA) is 49.8 Å². The third-order valence-corrected chi connectivity index (χ3v) is 3.50. The van der Waals surface area contributed by atoms with E-state index in [1.807, 2.05) is 44.2 Å². The summed E-state index contributed by atoms with van der Waals surface area (Å²) in [4.78, 5) is 13.6. The summed E-state index contributed by atoms with van der Waals surface area (Å²) in [5, 5.41) is 10.2. The Hall–Kier alpha value is -1.85. The van der Waals surface area contributed by atoms with Gasteiger partial charge in [-0.25, -0.2) is 10.0 Å². The molecular formula is C17H27N2O3+. The zero-order chi connectivity index (χ0) is 16.4. The van der Waals surface area contributed by atoms with Crippen LogP contribution in [0, 0.1) is 0 Å². The molecule has 22 heavy (non-hydrogen) atoms. The maximum absolute atomic E-state index is 11.9. The second kappa shape index (κ2) is 9.23. The van der Waals surface area contributed by atoms with Crippen LogP contribution in [0.5, 0.6) is 0 Å². The van der Waals surface area contributed by atoms with Crippen LogP contribution in [0.15, 0.2) is 43.0 Å². The van der Waals surface area contributed by atoms with Crippen molar-refractivity contribution in [3.8, 4) is 0 Å². The molecule has 2 rings (SSSR count). The molecule has 1 aromatic carbocycles. The van der Waals surface area contributed by atoms with Crippen molar-refractivity contribution in [3.63, 3.8) is 0 Å². The fourth-order valence-electron chi connectivity index (χ4n) is 2.25. The van der Waals surface area contributed by atoms with E-state index < -0.39 is 0 Å². The van der Waals surface area contributed by atoms with Crippen molar-refractivity contribution < 1.29 is 19.4 Å². The van der Waals surface area contributed by atoms with Gasteiger partial charge in [0, 0.05) is 0 Å². The number of amides is 1. The molecule has 122 valence electrons. The molecule has 1 aliphatic rings. The molecule has 0 aliphatic carbocycles. The number of carbonyl (C=O) groups excluding carboxylic acids is 1. The van der Waals surface area contributed by atoms with Crippen LogP contribution in [-0.2, 0) is 11.3 Å². The SMILES string of the molecule is C=CC[N+]1(O)CCN(C(=O)OCc2ccccc2)CC1.CC. The van der Waals surface area contributed by atoms with Crippen molar-refractivity contribution in [1.82, 2.24) is 4.90 Å². The Labute approximate surface area is 133 Å². The van der Waals surface area contributed by atoms with E-state index in [0.717, 1.165) is 5.56 Å². The van der Waals surface area contributed by atoms with Gasteiger partial charge in [-0.3, -0.25) is 4.90 Å². The molecule has 0 bridgehead atoms. The molecule has 1 saturated heterocycles. The number of hydrogen-bond donors (Lipinski definition) is 1. The smallest absolute Gasteiger partial charge is 0.410 e. The quantitative estimate of drug-likeness (QED) is 0.687. The second-order valence-corrected chi connectivity index (χ2v) is 5.04. The number of hydroxylamine groups is 3. The van der Waals surface area contributed by atoms with Crippen LogP contribution in [0.25, 0.3) is 0 Å². The van der Waals surface area contributed by atoms with Crippen molar-refractivity contribution in [1.29, 1.82) is 0 Å². The van der Waals surface area contributed by atoms with E-state index >= 15 is 0 Å². The molecule has 0 aromatic heterocycles. The number of ether oxygens (including phenoxy) is 1. The molecule has 5 heteroatoms. The van der Waals surface area contributed by atoms with Gasteiger partial charge >= 0.3 is 6.09 Å². The first kappa shape index (κ1) is 18.2. The van der Waals surface area contributed by atoms with Gasteiger partial charge in [0.1, 0.15) is 26.2 Å². The van der Waals surface area contributed by atoms with Crippen LogP contribution in [0.4, 0.5) is 4.79 Å². The van der Waals surface area contributed by atoms with Crippen LogP contribution in [0.2, 0.25) is 0 Å². The van der Waals surface area contributed by atoms with E-state index in [1.165, 1.54) is 0 Å². The summed E-state index contributed by atoms with van der Waals surface area (Å²) >= 11 is 0. The summed E-state index contributed by atoms with van der Waals surface area (Å²) in [6.45, 7) is 10.4. The molecule has 0 unspecified atom stereocenters. The van der Waals surface area contributed by atoms with Crippen molar-refractivity contribution in [2.45, 2.75) is 20.5 Å². The largest absolute Gasteiger partial charge is 0.445 e. The highest BCUT2D eigenvalue weighted by Crippen LogP contribution is 2.11. The predicted octanol–water partition coefficient (Wildman–Crippen LogP) is 3.06. The number of quaternary nitrogens is 1. The lowest BCUT2D eigenvalue weighted by molar-refractivity contribution is -1.10. The number of carbonyl (C=O) groups is 1. The van der Waals surface area contributed by atoms with Crippen molar-refractivity contribution in [3.05, 3.63) is 48.6 Å². The molecule has 5 nitrogen and oxygen atoms in total. The van der Waals surface area contributed by atoms with E-state index in [2.05, 4.69) is 6.58 Å². The molecule has 1 aliphatic heterocycles. The summed E-state index contributed by atoms with van der Waals surface area (Å²) in [5.74, 6) is 0. The van der Waals surface area contributed by atoms with Crippen LogP contribution in [0.1, 0.15) is 19.4 Å². The summed E-state index contributed by atoms with van der Waals surface area (Å²) in [5.41, 5.74) is 0.969. The lowest BCUT2D eigenvalue weighted by Gasteiger charge is -2.37. The molecule has 0 saturated carbocycles. The maximum atomic E-state index is 11.9. The van der Waals surface area contributed by atoms with Crippen LogP contribution in [-0.4, -0.2) is 53.6 Å². The summed E-state index contributed by atoms with van der Waals surface area (Å²) in [7, 11) is 0. The first-order chi connectivity index (χ1) is 10.6. The minimum Gasteiger partial charge on any atom is -0.445 e. The minimum atomic E-state index is -0.321. The molecule has 1 amide bonds. The molecule has 0 radical (unpaired) electrons. The monoisotopic (exact) mass is 307 g/mol. The molecule has 1 aromatic rings. The molecule has 0 atom stereocenters. The fourth-order valence-corrected chi connectivity index (χ4v) is 2.25. The number of nitrogens with zero attached hydrogens (tertiary/aromatic N) is 2. The number of piperazine rings is 1. The van der Waals surface area contributed by atoms with Crippen LogP contribution in [0.3, 0.4) is 0 Å². The summed E-state index contributed by atoms with van der Waals surface area (Å²) < 4.78 is 5.22. The van der Waals surface area contributed by atoms with Crippen molar-refractivity contribution >= 4 is 6.09 Å². The van der Waals surface area contributed by atoms with Gasteiger partial charge in [-0.1, -0.05) is 50.8 Å². The van der Waals surface area contributed by atoms with Gasteiger partial charge in [0.25, 0.3) is 0 Å². The Morgan fingerprint density at radius 3 is 2.45 bits per heavy atom. The Balaban J connectivity index is 0.00000116. The average Bonchev–Trinajstić information content (AvgIpc) is 2.56. The lowest BCUT2D eigenvalue weighted by Crippen LogP contribution is -2.58. The maximum Gasteiger partial charge on any atom is 0.410 e. The standard InChI is InChI=1S/C15H21N2O3.C2H6/c1-2-10-17(19)11-8-16(9-12-17)15(18)20-13-14-6-4-3-5-7-14;1-2/h2-7,19H,1,8-13H2;1-2H3/q+1;. The van der Waals surface area contributed by atoms with Crippen LogP contribution >= 0.6 is 0 Å². The highest BCUT2D eigenvalue weighted by Gasteiger charge is 2.33. The summed E-state index contributed by atoms with van der Waals surface area (Å²) in [6.07, 6.45) is 1.38. The second-order valence-electron chi connectivity index (χ2n) is 5.04. The van der Waals surface area contributed by atoms with Gasteiger partial charge < -0.3 is 4.74 Å². The van der Waals surface area contributed by atoms with Crippen molar-refractivity contribution in [2.75, 3.05) is 32.7 Å². The van der Waals surface area contributed by atoms with Crippen molar-refractivity contribution in [2.24, 2.45) is 0 Å². The van der Waals surface area contributed by atoms with E-state index in [4.69, 9.17) is 4.74 Å². The Morgan fingerprint density at radius 1 is 1.32 bits per heavy atom. The third-order valence-electron chi connectivity index (χ3n) is 3.50. The first-order valence-corrected chi connectivity index (χ1v) is 7.78. The molecule has 1 heterocycles. The lowest BCUT2D eigenvalue weighted by atomic mass is 10.2. The molecule has 1 N–H and O–H groups in total.